The van der Waals surface area contributed by atoms with Crippen LogP contribution in [-0.2, 0) is 0 Å². The van der Waals surface area contributed by atoms with Gasteiger partial charge in [0.1, 0.15) is 0 Å². The smallest absolute Gasteiger partial charge is 0.179 e. The van der Waals surface area contributed by atoms with Gasteiger partial charge in [-0.1, -0.05) is 24.9 Å². The molecule has 2 heterocycles. The van der Waals surface area contributed by atoms with Gasteiger partial charge in [-0.2, -0.15) is 0 Å². The normalized spacial score (nSPS) is 25.4. The van der Waals surface area contributed by atoms with Gasteiger partial charge >= 0.3 is 0 Å². The Kier molecular flexibility index (Phi) is 4.91. The molecule has 1 aromatic rings. The molecule has 21 heavy (non-hydrogen) atoms. The molecule has 0 spiro atoms. The molecule has 1 saturated heterocycles. The van der Waals surface area contributed by atoms with E-state index in [0.29, 0.717) is 30.1 Å². The molecule has 1 fully saturated rings. The number of benzene rings is 1. The molecule has 2 aliphatic heterocycles. The summed E-state index contributed by atoms with van der Waals surface area (Å²) in [5, 5.41) is 4.21. The summed E-state index contributed by atoms with van der Waals surface area (Å²) >= 11 is 6.44. The molecule has 0 aliphatic carbocycles. The summed E-state index contributed by atoms with van der Waals surface area (Å²) in [6.45, 7) is 5.82. The first-order valence-corrected chi connectivity index (χ1v) is 8.47. The lowest BCUT2D eigenvalue weighted by atomic mass is 9.79. The van der Waals surface area contributed by atoms with Crippen LogP contribution >= 0.6 is 11.6 Å². The number of ether oxygens (including phenoxy) is 2. The average Bonchev–Trinajstić information content (AvgIpc) is 2.74. The minimum atomic E-state index is 0.570. The molecule has 2 unspecified atom stereocenters. The average molecular weight is 310 g/mol. The first-order valence-electron chi connectivity index (χ1n) is 8.09. The molecule has 4 heteroatoms. The van der Waals surface area contributed by atoms with Gasteiger partial charge in [-0.25, -0.2) is 0 Å². The third kappa shape index (κ3) is 3.29. The topological polar surface area (TPSA) is 30.5 Å². The van der Waals surface area contributed by atoms with E-state index in [4.69, 9.17) is 21.1 Å². The van der Waals surface area contributed by atoms with Crippen LogP contribution in [0.25, 0.3) is 0 Å². The fourth-order valence-electron chi connectivity index (χ4n) is 3.50. The number of hydrogen-bond donors (Lipinski definition) is 1. The zero-order chi connectivity index (χ0) is 14.7. The highest BCUT2D eigenvalue weighted by Crippen LogP contribution is 2.42. The Hall–Kier alpha value is -0.930. The Labute approximate surface area is 132 Å². The minimum Gasteiger partial charge on any atom is -0.489 e. The van der Waals surface area contributed by atoms with Crippen LogP contribution in [0.2, 0.25) is 5.02 Å². The fraction of sp³-hybridized carbons (Fsp3) is 0.647. The SMILES string of the molecule is CCCC1CNCCC1c1cc(Cl)c2c(c1)OCCCO2. The number of nitrogens with one attached hydrogen (secondary N) is 1. The quantitative estimate of drug-likeness (QED) is 0.915. The number of halogens is 1. The van der Waals surface area contributed by atoms with Crippen LogP contribution in [0.15, 0.2) is 12.1 Å². The summed E-state index contributed by atoms with van der Waals surface area (Å²) in [5.74, 6) is 2.80. The van der Waals surface area contributed by atoms with Crippen LogP contribution in [0.4, 0.5) is 0 Å². The summed E-state index contributed by atoms with van der Waals surface area (Å²) in [4.78, 5) is 0. The highest BCUT2D eigenvalue weighted by Gasteiger charge is 2.27. The van der Waals surface area contributed by atoms with E-state index in [1.54, 1.807) is 0 Å². The molecule has 0 saturated carbocycles. The minimum absolute atomic E-state index is 0.570. The highest BCUT2D eigenvalue weighted by molar-refractivity contribution is 6.32. The van der Waals surface area contributed by atoms with Crippen molar-refractivity contribution in [1.82, 2.24) is 5.32 Å². The Morgan fingerprint density at radius 3 is 3.00 bits per heavy atom. The second kappa shape index (κ2) is 6.89. The van der Waals surface area contributed by atoms with Crippen LogP contribution in [-0.4, -0.2) is 26.3 Å². The maximum absolute atomic E-state index is 6.44. The van der Waals surface area contributed by atoms with Gasteiger partial charge in [-0.15, -0.1) is 0 Å². The number of fused-ring (bicyclic) bond motifs is 1. The summed E-state index contributed by atoms with van der Waals surface area (Å²) in [6, 6.07) is 4.25. The summed E-state index contributed by atoms with van der Waals surface area (Å²) in [6.07, 6.45) is 4.55. The molecule has 0 radical (unpaired) electrons. The van der Waals surface area contributed by atoms with Crippen molar-refractivity contribution in [2.75, 3.05) is 26.3 Å². The molecular formula is C17H24ClNO2. The third-order valence-corrected chi connectivity index (χ3v) is 4.80. The molecule has 2 aliphatic rings. The van der Waals surface area contributed by atoms with Crippen molar-refractivity contribution in [1.29, 1.82) is 0 Å². The molecular weight excluding hydrogens is 286 g/mol. The maximum atomic E-state index is 6.44. The maximum Gasteiger partial charge on any atom is 0.179 e. The second-order valence-electron chi connectivity index (χ2n) is 6.03. The lowest BCUT2D eigenvalue weighted by Crippen LogP contribution is -2.35. The van der Waals surface area contributed by atoms with Crippen LogP contribution in [0.1, 0.15) is 44.1 Å². The molecule has 2 atom stereocenters. The van der Waals surface area contributed by atoms with Gasteiger partial charge in [0.25, 0.3) is 0 Å². The number of hydrogen-bond acceptors (Lipinski definition) is 3. The predicted molar refractivity (Wildman–Crippen MR) is 85.7 cm³/mol. The first kappa shape index (κ1) is 15.0. The molecule has 0 amide bonds. The van der Waals surface area contributed by atoms with E-state index in [1.807, 2.05) is 0 Å². The fourth-order valence-corrected chi connectivity index (χ4v) is 3.77. The van der Waals surface area contributed by atoms with Gasteiger partial charge in [0.05, 0.1) is 18.2 Å². The molecule has 1 aromatic carbocycles. The summed E-state index contributed by atoms with van der Waals surface area (Å²) in [5.41, 5.74) is 1.31. The molecule has 3 nitrogen and oxygen atoms in total. The van der Waals surface area contributed by atoms with Crippen molar-refractivity contribution in [3.8, 4) is 11.5 Å². The zero-order valence-electron chi connectivity index (χ0n) is 12.7. The largest absolute Gasteiger partial charge is 0.489 e. The molecule has 0 bridgehead atoms. The van der Waals surface area contributed by atoms with Crippen molar-refractivity contribution in [3.63, 3.8) is 0 Å². The van der Waals surface area contributed by atoms with Crippen molar-refractivity contribution < 1.29 is 9.47 Å². The van der Waals surface area contributed by atoms with E-state index in [9.17, 15) is 0 Å². The highest BCUT2D eigenvalue weighted by atomic mass is 35.5. The molecule has 0 aromatic heterocycles. The van der Waals surface area contributed by atoms with Crippen molar-refractivity contribution in [3.05, 3.63) is 22.7 Å². The Morgan fingerprint density at radius 2 is 2.14 bits per heavy atom. The summed E-state index contributed by atoms with van der Waals surface area (Å²) < 4.78 is 11.6. The van der Waals surface area contributed by atoms with Crippen LogP contribution in [0, 0.1) is 5.92 Å². The van der Waals surface area contributed by atoms with Gasteiger partial charge in [0, 0.05) is 6.42 Å². The molecule has 3 rings (SSSR count). The van der Waals surface area contributed by atoms with E-state index in [-0.39, 0.29) is 0 Å². The number of piperidine rings is 1. The second-order valence-corrected chi connectivity index (χ2v) is 6.44. The van der Waals surface area contributed by atoms with Crippen molar-refractivity contribution in [2.24, 2.45) is 5.92 Å². The van der Waals surface area contributed by atoms with Gasteiger partial charge < -0.3 is 14.8 Å². The van der Waals surface area contributed by atoms with Crippen molar-refractivity contribution >= 4 is 11.6 Å². The zero-order valence-corrected chi connectivity index (χ0v) is 13.4. The van der Waals surface area contributed by atoms with E-state index >= 15 is 0 Å². The molecule has 1 N–H and O–H groups in total. The van der Waals surface area contributed by atoms with E-state index in [2.05, 4.69) is 24.4 Å². The lowest BCUT2D eigenvalue weighted by Gasteiger charge is -2.33. The Balaban J connectivity index is 1.90. The van der Waals surface area contributed by atoms with Crippen LogP contribution in [0.3, 0.4) is 0 Å². The van der Waals surface area contributed by atoms with Crippen LogP contribution in [0.5, 0.6) is 11.5 Å². The lowest BCUT2D eigenvalue weighted by molar-refractivity contribution is 0.296. The van der Waals surface area contributed by atoms with Gasteiger partial charge in [0.2, 0.25) is 0 Å². The van der Waals surface area contributed by atoms with E-state index in [0.717, 1.165) is 31.0 Å². The monoisotopic (exact) mass is 309 g/mol. The van der Waals surface area contributed by atoms with Gasteiger partial charge in [-0.05, 0) is 55.5 Å². The van der Waals surface area contributed by atoms with Crippen LogP contribution < -0.4 is 14.8 Å². The van der Waals surface area contributed by atoms with Crippen molar-refractivity contribution in [2.45, 2.75) is 38.5 Å². The standard InChI is InChI=1S/C17H24ClNO2/c1-2-4-12-11-19-6-5-14(12)13-9-15(18)17-16(10-13)20-7-3-8-21-17/h9-10,12,14,19H,2-8,11H2,1H3. The molecule has 116 valence electrons. The Bertz CT molecular complexity index is 490. The third-order valence-electron chi connectivity index (χ3n) is 4.52. The van der Waals surface area contributed by atoms with E-state index in [1.165, 1.54) is 24.8 Å². The summed E-state index contributed by atoms with van der Waals surface area (Å²) in [7, 11) is 0. The van der Waals surface area contributed by atoms with Gasteiger partial charge in [-0.3, -0.25) is 0 Å². The number of rotatable bonds is 3. The first-order chi connectivity index (χ1) is 10.3. The Morgan fingerprint density at radius 1 is 1.29 bits per heavy atom. The predicted octanol–water partition coefficient (Wildman–Crippen LogP) is 3.99. The van der Waals surface area contributed by atoms with Gasteiger partial charge in [0.15, 0.2) is 11.5 Å². The van der Waals surface area contributed by atoms with E-state index < -0.39 is 0 Å².